The van der Waals surface area contributed by atoms with E-state index in [1.165, 1.54) is 11.1 Å². The monoisotopic (exact) mass is 266 g/mol. The smallest absolute Gasteiger partial charge is 0.137 e. The fraction of sp³-hybridized carbons (Fsp3) is 0.278. The number of methoxy groups -OCH3 is 1. The highest BCUT2D eigenvalue weighted by atomic mass is 16.5. The molecule has 1 atom stereocenters. The Bertz CT molecular complexity index is 631. The number of carbonyl (C=O) groups excluding carboxylic acids is 1. The lowest BCUT2D eigenvalue weighted by molar-refractivity contribution is -0.118. The maximum Gasteiger partial charge on any atom is 0.137 e. The number of hydrogen-bond acceptors (Lipinski definition) is 2. The molecule has 0 aliphatic heterocycles. The Kier molecular flexibility index (Phi) is 3.55. The fourth-order valence-corrected chi connectivity index (χ4v) is 2.90. The molecule has 0 N–H and O–H groups in total. The lowest BCUT2D eigenvalue weighted by Crippen LogP contribution is -2.20. The van der Waals surface area contributed by atoms with Crippen molar-refractivity contribution in [2.45, 2.75) is 25.2 Å². The van der Waals surface area contributed by atoms with Crippen LogP contribution in [0.15, 0.2) is 48.5 Å². The third kappa shape index (κ3) is 2.60. The van der Waals surface area contributed by atoms with Gasteiger partial charge in [0, 0.05) is 12.8 Å². The topological polar surface area (TPSA) is 26.3 Å². The van der Waals surface area contributed by atoms with Crippen LogP contribution in [-0.4, -0.2) is 12.9 Å². The van der Waals surface area contributed by atoms with Gasteiger partial charge in [-0.05, 0) is 41.2 Å². The standard InChI is InChI=1S/C18H18O2/c1-20-17-7-4-5-13(10-17)9-16(19)12-15-11-14-6-2-3-8-18(14)15/h2-8,10,15H,9,11-12H2,1H3. The van der Waals surface area contributed by atoms with Gasteiger partial charge in [-0.2, -0.15) is 0 Å². The molecule has 0 aromatic heterocycles. The molecular weight excluding hydrogens is 248 g/mol. The predicted octanol–water partition coefficient (Wildman–Crippen LogP) is 3.54. The maximum absolute atomic E-state index is 12.2. The number of Topliss-reactive ketones (excluding diaryl/α,β-unsaturated/α-hetero) is 1. The SMILES string of the molecule is COc1cccc(CC(=O)CC2Cc3ccccc32)c1. The summed E-state index contributed by atoms with van der Waals surface area (Å²) in [5.41, 5.74) is 3.78. The van der Waals surface area contributed by atoms with E-state index >= 15 is 0 Å². The second-order valence-corrected chi connectivity index (χ2v) is 5.37. The number of rotatable bonds is 5. The minimum absolute atomic E-state index is 0.303. The molecule has 3 rings (SSSR count). The van der Waals surface area contributed by atoms with Crippen molar-refractivity contribution in [2.75, 3.05) is 7.11 Å². The number of ketones is 1. The van der Waals surface area contributed by atoms with Crippen molar-refractivity contribution in [3.8, 4) is 5.75 Å². The summed E-state index contributed by atoms with van der Waals surface area (Å²) in [6.45, 7) is 0. The highest BCUT2D eigenvalue weighted by Gasteiger charge is 2.27. The van der Waals surface area contributed by atoms with E-state index in [0.717, 1.165) is 17.7 Å². The molecule has 0 bridgehead atoms. The maximum atomic E-state index is 12.2. The van der Waals surface area contributed by atoms with E-state index in [2.05, 4.69) is 24.3 Å². The van der Waals surface area contributed by atoms with Gasteiger partial charge in [0.25, 0.3) is 0 Å². The molecule has 0 radical (unpaired) electrons. The minimum Gasteiger partial charge on any atom is -0.497 e. The van der Waals surface area contributed by atoms with Crippen molar-refractivity contribution in [3.63, 3.8) is 0 Å². The molecular formula is C18H18O2. The van der Waals surface area contributed by atoms with Crippen LogP contribution in [0.25, 0.3) is 0 Å². The molecule has 0 fully saturated rings. The molecule has 102 valence electrons. The summed E-state index contributed by atoms with van der Waals surface area (Å²) in [6.07, 6.45) is 2.18. The van der Waals surface area contributed by atoms with Gasteiger partial charge in [-0.1, -0.05) is 36.4 Å². The van der Waals surface area contributed by atoms with Crippen molar-refractivity contribution in [1.82, 2.24) is 0 Å². The van der Waals surface area contributed by atoms with E-state index in [1.807, 2.05) is 24.3 Å². The Balaban J connectivity index is 1.61. The zero-order valence-corrected chi connectivity index (χ0v) is 11.6. The molecule has 1 aliphatic carbocycles. The fourth-order valence-electron chi connectivity index (χ4n) is 2.90. The first-order valence-electron chi connectivity index (χ1n) is 6.98. The van der Waals surface area contributed by atoms with Crippen molar-refractivity contribution in [1.29, 1.82) is 0 Å². The average molecular weight is 266 g/mol. The Hall–Kier alpha value is -2.09. The zero-order valence-electron chi connectivity index (χ0n) is 11.6. The minimum atomic E-state index is 0.303. The van der Waals surface area contributed by atoms with Crippen molar-refractivity contribution < 1.29 is 9.53 Å². The number of benzene rings is 2. The number of ether oxygens (including phenoxy) is 1. The Labute approximate surface area is 119 Å². The van der Waals surface area contributed by atoms with Crippen LogP contribution in [0.2, 0.25) is 0 Å². The molecule has 0 amide bonds. The van der Waals surface area contributed by atoms with Crippen molar-refractivity contribution in [3.05, 3.63) is 65.2 Å². The van der Waals surface area contributed by atoms with E-state index in [1.54, 1.807) is 7.11 Å². The van der Waals surface area contributed by atoms with Crippen LogP contribution in [0.4, 0.5) is 0 Å². The molecule has 0 spiro atoms. The summed E-state index contributed by atoms with van der Waals surface area (Å²) in [5, 5.41) is 0. The lowest BCUT2D eigenvalue weighted by atomic mass is 9.75. The van der Waals surface area contributed by atoms with E-state index < -0.39 is 0 Å². The van der Waals surface area contributed by atoms with Gasteiger partial charge in [0.05, 0.1) is 7.11 Å². The van der Waals surface area contributed by atoms with Crippen molar-refractivity contribution >= 4 is 5.78 Å². The zero-order chi connectivity index (χ0) is 13.9. The van der Waals surface area contributed by atoms with Gasteiger partial charge < -0.3 is 4.74 Å². The molecule has 2 heteroatoms. The third-order valence-corrected chi connectivity index (χ3v) is 3.97. The van der Waals surface area contributed by atoms with Crippen LogP contribution in [0.5, 0.6) is 5.75 Å². The Morgan fingerprint density at radius 2 is 2.05 bits per heavy atom. The summed E-state index contributed by atoms with van der Waals surface area (Å²) in [6, 6.07) is 16.2. The van der Waals surface area contributed by atoms with Crippen LogP contribution in [0, 0.1) is 0 Å². The highest BCUT2D eigenvalue weighted by molar-refractivity contribution is 5.82. The Morgan fingerprint density at radius 3 is 2.85 bits per heavy atom. The summed E-state index contributed by atoms with van der Waals surface area (Å²) >= 11 is 0. The quantitative estimate of drug-likeness (QED) is 0.827. The number of hydrogen-bond donors (Lipinski definition) is 0. The lowest BCUT2D eigenvalue weighted by Gasteiger charge is -2.29. The predicted molar refractivity (Wildman–Crippen MR) is 79.2 cm³/mol. The first-order chi connectivity index (χ1) is 9.76. The third-order valence-electron chi connectivity index (χ3n) is 3.97. The normalized spacial score (nSPS) is 16.1. The second-order valence-electron chi connectivity index (χ2n) is 5.37. The van der Waals surface area contributed by atoms with Crippen LogP contribution in [-0.2, 0) is 17.6 Å². The summed E-state index contributed by atoms with van der Waals surface area (Å²) in [7, 11) is 1.65. The van der Waals surface area contributed by atoms with Crippen LogP contribution >= 0.6 is 0 Å². The van der Waals surface area contributed by atoms with E-state index in [4.69, 9.17) is 4.74 Å². The average Bonchev–Trinajstić information content (AvgIpc) is 2.45. The summed E-state index contributed by atoms with van der Waals surface area (Å²) in [5.74, 6) is 1.53. The van der Waals surface area contributed by atoms with Gasteiger partial charge in [0.15, 0.2) is 0 Å². The van der Waals surface area contributed by atoms with Crippen LogP contribution in [0.3, 0.4) is 0 Å². The molecule has 0 heterocycles. The largest absolute Gasteiger partial charge is 0.497 e. The Morgan fingerprint density at radius 1 is 1.20 bits per heavy atom. The van der Waals surface area contributed by atoms with Gasteiger partial charge >= 0.3 is 0 Å². The van der Waals surface area contributed by atoms with E-state index in [9.17, 15) is 4.79 Å². The first kappa shape index (κ1) is 12.9. The molecule has 20 heavy (non-hydrogen) atoms. The second kappa shape index (κ2) is 5.49. The molecule has 2 nitrogen and oxygen atoms in total. The van der Waals surface area contributed by atoms with Gasteiger partial charge in [-0.3, -0.25) is 4.79 Å². The number of carbonyl (C=O) groups is 1. The molecule has 0 saturated carbocycles. The molecule has 1 unspecified atom stereocenters. The van der Waals surface area contributed by atoms with Crippen LogP contribution < -0.4 is 4.74 Å². The summed E-state index contributed by atoms with van der Waals surface area (Å²) < 4.78 is 5.19. The molecule has 2 aromatic carbocycles. The van der Waals surface area contributed by atoms with Gasteiger partial charge in [-0.25, -0.2) is 0 Å². The first-order valence-corrected chi connectivity index (χ1v) is 6.98. The van der Waals surface area contributed by atoms with Gasteiger partial charge in [-0.15, -0.1) is 0 Å². The van der Waals surface area contributed by atoms with Crippen LogP contribution in [0.1, 0.15) is 29.0 Å². The highest BCUT2D eigenvalue weighted by Crippen LogP contribution is 2.37. The van der Waals surface area contributed by atoms with Crippen molar-refractivity contribution in [2.24, 2.45) is 0 Å². The number of fused-ring (bicyclic) bond motifs is 1. The molecule has 1 aliphatic rings. The summed E-state index contributed by atoms with van der Waals surface area (Å²) in [4.78, 5) is 12.2. The van der Waals surface area contributed by atoms with Gasteiger partial charge in [0.2, 0.25) is 0 Å². The molecule has 2 aromatic rings. The van der Waals surface area contributed by atoms with Gasteiger partial charge in [0.1, 0.15) is 11.5 Å². The van der Waals surface area contributed by atoms with E-state index in [0.29, 0.717) is 24.5 Å². The van der Waals surface area contributed by atoms with E-state index in [-0.39, 0.29) is 0 Å². The molecule has 0 saturated heterocycles.